The van der Waals surface area contributed by atoms with E-state index in [1.54, 1.807) is 11.3 Å². The van der Waals surface area contributed by atoms with Crippen LogP contribution in [0.5, 0.6) is 0 Å². The number of thiophene rings is 1. The predicted molar refractivity (Wildman–Crippen MR) is 99.0 cm³/mol. The molecule has 1 atom stereocenters. The van der Waals surface area contributed by atoms with Crippen LogP contribution in [-0.4, -0.2) is 6.54 Å². The van der Waals surface area contributed by atoms with Crippen LogP contribution in [0.3, 0.4) is 0 Å². The Kier molecular flexibility index (Phi) is 6.33. The Hall–Kier alpha value is 0.570. The zero-order chi connectivity index (χ0) is 13.8. The van der Waals surface area contributed by atoms with Crippen molar-refractivity contribution in [3.8, 4) is 0 Å². The lowest BCUT2D eigenvalue weighted by molar-refractivity contribution is 0.598. The summed E-state index contributed by atoms with van der Waals surface area (Å²) < 4.78 is 3.58. The van der Waals surface area contributed by atoms with Crippen molar-refractivity contribution in [2.75, 3.05) is 6.54 Å². The molecule has 1 unspecified atom stereocenters. The number of benzene rings is 1. The third-order valence-electron chi connectivity index (χ3n) is 2.79. The molecule has 0 aliphatic carbocycles. The van der Waals surface area contributed by atoms with Crippen LogP contribution in [0.4, 0.5) is 0 Å². The molecular weight excluding hydrogens is 501 g/mol. The summed E-state index contributed by atoms with van der Waals surface area (Å²) in [4.78, 5) is 0. The van der Waals surface area contributed by atoms with Crippen LogP contribution < -0.4 is 5.32 Å². The summed E-state index contributed by atoms with van der Waals surface area (Å²) >= 11 is 11.4. The largest absolute Gasteiger partial charge is 0.306 e. The summed E-state index contributed by atoms with van der Waals surface area (Å²) in [5.41, 5.74) is 2.61. The highest BCUT2D eigenvalue weighted by molar-refractivity contribution is 14.1. The van der Waals surface area contributed by atoms with Crippen LogP contribution in [0.25, 0.3) is 0 Å². The molecule has 0 bridgehead atoms. The lowest BCUT2D eigenvalue weighted by Crippen LogP contribution is -2.23. The predicted octanol–water partition coefficient (Wildman–Crippen LogP) is 5.97. The van der Waals surface area contributed by atoms with Gasteiger partial charge in [-0.05, 0) is 76.3 Å². The van der Waals surface area contributed by atoms with Crippen molar-refractivity contribution in [2.45, 2.75) is 19.4 Å². The smallest absolute Gasteiger partial charge is 0.0656 e. The van der Waals surface area contributed by atoms with E-state index in [0.717, 1.165) is 21.9 Å². The lowest BCUT2D eigenvalue weighted by atomic mass is 10.0. The van der Waals surface area contributed by atoms with Gasteiger partial charge in [-0.15, -0.1) is 11.3 Å². The van der Waals surface area contributed by atoms with E-state index in [2.05, 4.69) is 96.3 Å². The summed E-state index contributed by atoms with van der Waals surface area (Å²) in [6, 6.07) is 8.83. The molecule has 1 nitrogen and oxygen atoms in total. The first-order valence-corrected chi connectivity index (χ1v) is 9.58. The first-order chi connectivity index (χ1) is 9.11. The van der Waals surface area contributed by atoms with Crippen LogP contribution >= 0.6 is 65.8 Å². The maximum Gasteiger partial charge on any atom is 0.0656 e. The van der Waals surface area contributed by atoms with Gasteiger partial charge in [0.05, 0.1) is 8.93 Å². The molecule has 1 N–H and O–H groups in total. The fraction of sp³-hybridized carbons (Fsp3) is 0.286. The topological polar surface area (TPSA) is 12.0 Å². The van der Waals surface area contributed by atoms with Gasteiger partial charge in [-0.25, -0.2) is 0 Å². The molecule has 2 aromatic rings. The number of hydrogen-bond donors (Lipinski definition) is 1. The van der Waals surface area contributed by atoms with Crippen molar-refractivity contribution in [3.05, 3.63) is 52.6 Å². The molecule has 0 saturated carbocycles. The van der Waals surface area contributed by atoms with Crippen molar-refractivity contribution >= 4 is 65.8 Å². The molecule has 1 aromatic heterocycles. The SMILES string of the molecule is CCCNC(c1csc(I)c1)c1cc(Br)ccc1Br. The summed E-state index contributed by atoms with van der Waals surface area (Å²) in [5.74, 6) is 0. The van der Waals surface area contributed by atoms with Crippen molar-refractivity contribution < 1.29 is 0 Å². The van der Waals surface area contributed by atoms with E-state index < -0.39 is 0 Å². The number of hydrogen-bond acceptors (Lipinski definition) is 2. The monoisotopic (exact) mass is 513 g/mol. The van der Waals surface area contributed by atoms with Gasteiger partial charge in [-0.2, -0.15) is 0 Å². The van der Waals surface area contributed by atoms with Crippen molar-refractivity contribution in [3.63, 3.8) is 0 Å². The van der Waals surface area contributed by atoms with Crippen LogP contribution in [0.2, 0.25) is 0 Å². The van der Waals surface area contributed by atoms with E-state index in [0.29, 0.717) is 0 Å². The highest BCUT2D eigenvalue weighted by atomic mass is 127. The summed E-state index contributed by atoms with van der Waals surface area (Å²) in [6.07, 6.45) is 1.13. The summed E-state index contributed by atoms with van der Waals surface area (Å²) in [5, 5.41) is 5.87. The summed E-state index contributed by atoms with van der Waals surface area (Å²) in [6.45, 7) is 3.20. The average molecular weight is 515 g/mol. The average Bonchev–Trinajstić information content (AvgIpc) is 2.80. The molecule has 5 heteroatoms. The zero-order valence-electron chi connectivity index (χ0n) is 10.4. The molecule has 102 valence electrons. The van der Waals surface area contributed by atoms with Crippen LogP contribution in [-0.2, 0) is 0 Å². The van der Waals surface area contributed by atoms with E-state index in [-0.39, 0.29) is 6.04 Å². The Labute approximate surface area is 148 Å². The maximum absolute atomic E-state index is 3.67. The second kappa shape index (κ2) is 7.54. The molecular formula is C14H14Br2INS. The molecule has 19 heavy (non-hydrogen) atoms. The molecule has 0 spiro atoms. The highest BCUT2D eigenvalue weighted by Crippen LogP contribution is 2.33. The molecule has 0 aliphatic heterocycles. The van der Waals surface area contributed by atoms with Gasteiger partial charge in [0.1, 0.15) is 0 Å². The number of nitrogens with one attached hydrogen (secondary N) is 1. The Morgan fingerprint density at radius 1 is 1.32 bits per heavy atom. The van der Waals surface area contributed by atoms with Gasteiger partial charge in [-0.3, -0.25) is 0 Å². The number of halogens is 3. The molecule has 0 aliphatic rings. The highest BCUT2D eigenvalue weighted by Gasteiger charge is 2.17. The molecule has 0 radical (unpaired) electrons. The molecule has 0 amide bonds. The van der Waals surface area contributed by atoms with E-state index in [1.165, 1.54) is 14.0 Å². The zero-order valence-corrected chi connectivity index (χ0v) is 16.6. The van der Waals surface area contributed by atoms with E-state index in [9.17, 15) is 0 Å². The Morgan fingerprint density at radius 3 is 2.74 bits per heavy atom. The molecule has 0 fully saturated rings. The van der Waals surface area contributed by atoms with E-state index >= 15 is 0 Å². The first-order valence-electron chi connectivity index (χ1n) is 6.04. The standard InChI is InChI=1S/C14H14Br2INS/c1-2-5-18-14(9-6-13(17)19-8-9)11-7-10(15)3-4-12(11)16/h3-4,6-8,14,18H,2,5H2,1H3. The van der Waals surface area contributed by atoms with Gasteiger partial charge >= 0.3 is 0 Å². The third-order valence-corrected chi connectivity index (χ3v) is 5.81. The lowest BCUT2D eigenvalue weighted by Gasteiger charge is -2.20. The van der Waals surface area contributed by atoms with Crippen LogP contribution in [0.15, 0.2) is 38.6 Å². The van der Waals surface area contributed by atoms with E-state index in [4.69, 9.17) is 0 Å². The van der Waals surface area contributed by atoms with Gasteiger partial charge in [0, 0.05) is 8.95 Å². The minimum Gasteiger partial charge on any atom is -0.306 e. The molecule has 0 saturated heterocycles. The Morgan fingerprint density at radius 2 is 2.11 bits per heavy atom. The van der Waals surface area contributed by atoms with Gasteiger partial charge < -0.3 is 5.32 Å². The van der Waals surface area contributed by atoms with Gasteiger partial charge in [-0.1, -0.05) is 38.8 Å². The van der Waals surface area contributed by atoms with Gasteiger partial charge in [0.25, 0.3) is 0 Å². The second-order valence-corrected chi connectivity index (χ2v) is 8.81. The Bertz CT molecular complexity index is 556. The second-order valence-electron chi connectivity index (χ2n) is 4.24. The first kappa shape index (κ1) is 15.9. The molecule has 1 heterocycles. The van der Waals surface area contributed by atoms with Crippen molar-refractivity contribution in [1.29, 1.82) is 0 Å². The third kappa shape index (κ3) is 4.27. The summed E-state index contributed by atoms with van der Waals surface area (Å²) in [7, 11) is 0. The van der Waals surface area contributed by atoms with Crippen LogP contribution in [0.1, 0.15) is 30.5 Å². The Balaban J connectivity index is 2.39. The fourth-order valence-corrected chi connectivity index (χ4v) is 4.16. The quantitative estimate of drug-likeness (QED) is 0.485. The fourth-order valence-electron chi connectivity index (χ4n) is 1.91. The van der Waals surface area contributed by atoms with Crippen LogP contribution in [0, 0.1) is 2.88 Å². The number of rotatable bonds is 5. The minimum absolute atomic E-state index is 0.242. The van der Waals surface area contributed by atoms with Crippen molar-refractivity contribution in [2.24, 2.45) is 0 Å². The normalized spacial score (nSPS) is 12.6. The van der Waals surface area contributed by atoms with Gasteiger partial charge in [0.2, 0.25) is 0 Å². The van der Waals surface area contributed by atoms with Gasteiger partial charge in [0.15, 0.2) is 0 Å². The van der Waals surface area contributed by atoms with E-state index in [1.807, 2.05) is 0 Å². The maximum atomic E-state index is 3.67. The molecule has 1 aromatic carbocycles. The molecule has 2 rings (SSSR count). The minimum atomic E-state index is 0.242. The van der Waals surface area contributed by atoms with Crippen molar-refractivity contribution in [1.82, 2.24) is 5.32 Å².